The Hall–Kier alpha value is -2.86. The molecule has 2 aromatic carbocycles. The summed E-state index contributed by atoms with van der Waals surface area (Å²) < 4.78 is 0. The van der Waals surface area contributed by atoms with Crippen LogP contribution in [0.25, 0.3) is 0 Å². The Morgan fingerprint density at radius 2 is 1.48 bits per heavy atom. The molecule has 0 radical (unpaired) electrons. The molecule has 0 saturated heterocycles. The van der Waals surface area contributed by atoms with Crippen LogP contribution in [0.5, 0.6) is 0 Å². The lowest BCUT2D eigenvalue weighted by molar-refractivity contribution is -0.136. The highest BCUT2D eigenvalue weighted by Gasteiger charge is 2.16. The summed E-state index contributed by atoms with van der Waals surface area (Å²) in [6.45, 7) is 4.13. The third kappa shape index (κ3) is 5.82. The number of benzene rings is 2. The van der Waals surface area contributed by atoms with Gasteiger partial charge >= 0.3 is 11.8 Å². The lowest BCUT2D eigenvalue weighted by Crippen LogP contribution is -2.37. The molecule has 144 valence electrons. The lowest BCUT2D eigenvalue weighted by Gasteiger charge is -2.15. The Morgan fingerprint density at radius 3 is 2.00 bits per heavy atom. The van der Waals surface area contributed by atoms with Crippen molar-refractivity contribution in [2.45, 2.75) is 25.9 Å². The fourth-order valence-electron chi connectivity index (χ4n) is 2.52. The number of carbonyl (C=O) groups is 2. The molecule has 6 nitrogen and oxygen atoms in total. The van der Waals surface area contributed by atoms with E-state index in [1.165, 1.54) is 0 Å². The van der Waals surface area contributed by atoms with E-state index in [9.17, 15) is 14.7 Å². The van der Waals surface area contributed by atoms with Gasteiger partial charge in [0.25, 0.3) is 0 Å². The molecule has 0 aromatic heterocycles. The molecule has 0 aliphatic rings. The molecule has 0 saturated carbocycles. The second-order valence-corrected chi connectivity index (χ2v) is 6.94. The van der Waals surface area contributed by atoms with E-state index < -0.39 is 17.9 Å². The van der Waals surface area contributed by atoms with Gasteiger partial charge in [-0.15, -0.1) is 0 Å². The van der Waals surface area contributed by atoms with Gasteiger partial charge in [0, 0.05) is 32.0 Å². The van der Waals surface area contributed by atoms with Gasteiger partial charge in [-0.05, 0) is 41.3 Å². The Kier molecular flexibility index (Phi) is 6.96. The highest BCUT2D eigenvalue weighted by atomic mass is 16.3. The van der Waals surface area contributed by atoms with Crippen LogP contribution in [0.3, 0.4) is 0 Å². The van der Waals surface area contributed by atoms with Crippen molar-refractivity contribution in [2.75, 3.05) is 30.9 Å². The van der Waals surface area contributed by atoms with E-state index in [4.69, 9.17) is 0 Å². The van der Waals surface area contributed by atoms with E-state index in [2.05, 4.69) is 24.5 Å². The van der Waals surface area contributed by atoms with E-state index >= 15 is 0 Å². The predicted molar refractivity (Wildman–Crippen MR) is 108 cm³/mol. The molecule has 0 heterocycles. The summed E-state index contributed by atoms with van der Waals surface area (Å²) in [5.41, 5.74) is 3.39. The van der Waals surface area contributed by atoms with Crippen LogP contribution in [0.2, 0.25) is 0 Å². The number of amides is 2. The number of nitrogens with zero attached hydrogens (tertiary/aromatic N) is 1. The smallest absolute Gasteiger partial charge is 0.313 e. The van der Waals surface area contributed by atoms with Crippen LogP contribution < -0.4 is 15.5 Å². The predicted octanol–water partition coefficient (Wildman–Crippen LogP) is 2.66. The highest BCUT2D eigenvalue weighted by Crippen LogP contribution is 2.18. The van der Waals surface area contributed by atoms with E-state index in [0.717, 1.165) is 11.3 Å². The van der Waals surface area contributed by atoms with Crippen molar-refractivity contribution in [3.8, 4) is 0 Å². The molecule has 6 heteroatoms. The quantitative estimate of drug-likeness (QED) is 0.684. The van der Waals surface area contributed by atoms with Gasteiger partial charge in [-0.1, -0.05) is 38.1 Å². The number of aliphatic hydroxyl groups excluding tert-OH is 1. The summed E-state index contributed by atoms with van der Waals surface area (Å²) in [5, 5.41) is 15.2. The summed E-state index contributed by atoms with van der Waals surface area (Å²) >= 11 is 0. The molecule has 1 atom stereocenters. The van der Waals surface area contributed by atoms with E-state index in [1.807, 2.05) is 43.3 Å². The topological polar surface area (TPSA) is 81.7 Å². The van der Waals surface area contributed by atoms with Gasteiger partial charge in [-0.2, -0.15) is 0 Å². The number of anilines is 2. The van der Waals surface area contributed by atoms with E-state index in [0.29, 0.717) is 17.2 Å². The van der Waals surface area contributed by atoms with Crippen molar-refractivity contribution in [1.29, 1.82) is 0 Å². The molecular formula is C21H27N3O3. The van der Waals surface area contributed by atoms with Gasteiger partial charge in [0.05, 0.1) is 6.10 Å². The van der Waals surface area contributed by atoms with E-state index in [-0.39, 0.29) is 6.54 Å². The number of carbonyl (C=O) groups excluding carboxylic acids is 2. The highest BCUT2D eigenvalue weighted by molar-refractivity contribution is 6.39. The Balaban J connectivity index is 1.85. The molecule has 0 spiro atoms. The number of hydrogen-bond acceptors (Lipinski definition) is 4. The van der Waals surface area contributed by atoms with Crippen LogP contribution in [0.1, 0.15) is 37.0 Å². The van der Waals surface area contributed by atoms with Crippen molar-refractivity contribution >= 4 is 23.2 Å². The molecule has 2 amide bonds. The molecule has 1 unspecified atom stereocenters. The third-order valence-corrected chi connectivity index (χ3v) is 4.29. The van der Waals surface area contributed by atoms with E-state index in [1.54, 1.807) is 24.3 Å². The maximum absolute atomic E-state index is 12.0. The monoisotopic (exact) mass is 369 g/mol. The van der Waals surface area contributed by atoms with Crippen LogP contribution in [0.15, 0.2) is 48.5 Å². The van der Waals surface area contributed by atoms with Gasteiger partial charge in [0.15, 0.2) is 0 Å². The minimum Gasteiger partial charge on any atom is -0.387 e. The van der Waals surface area contributed by atoms with Gasteiger partial charge in [-0.3, -0.25) is 9.59 Å². The zero-order chi connectivity index (χ0) is 20.0. The minimum absolute atomic E-state index is 0.0418. The Labute approximate surface area is 160 Å². The first-order chi connectivity index (χ1) is 12.8. The summed E-state index contributed by atoms with van der Waals surface area (Å²) in [6.07, 6.45) is -0.886. The second kappa shape index (κ2) is 9.19. The molecule has 0 aliphatic carbocycles. The number of aliphatic hydroxyl groups is 1. The SMILES string of the molecule is CC(C)c1ccc(NC(=O)C(=O)NCC(O)c2ccc(N(C)C)cc2)cc1. The van der Waals surface area contributed by atoms with Gasteiger partial charge in [-0.25, -0.2) is 0 Å². The molecule has 0 aliphatic heterocycles. The minimum atomic E-state index is -0.886. The summed E-state index contributed by atoms with van der Waals surface area (Å²) in [4.78, 5) is 25.9. The van der Waals surface area contributed by atoms with Crippen LogP contribution in [0.4, 0.5) is 11.4 Å². The number of nitrogens with one attached hydrogen (secondary N) is 2. The van der Waals surface area contributed by atoms with Crippen molar-refractivity contribution < 1.29 is 14.7 Å². The second-order valence-electron chi connectivity index (χ2n) is 6.94. The average molecular weight is 369 g/mol. The fourth-order valence-corrected chi connectivity index (χ4v) is 2.52. The first kappa shape index (κ1) is 20.5. The summed E-state index contributed by atoms with van der Waals surface area (Å²) in [7, 11) is 3.86. The maximum atomic E-state index is 12.0. The van der Waals surface area contributed by atoms with Crippen LogP contribution in [0, 0.1) is 0 Å². The zero-order valence-corrected chi connectivity index (χ0v) is 16.2. The molecule has 2 aromatic rings. The number of hydrogen-bond donors (Lipinski definition) is 3. The molecule has 2 rings (SSSR count). The van der Waals surface area contributed by atoms with Gasteiger partial charge < -0.3 is 20.6 Å². The summed E-state index contributed by atoms with van der Waals surface area (Å²) in [6, 6.07) is 14.7. The summed E-state index contributed by atoms with van der Waals surface area (Å²) in [5.74, 6) is -1.15. The largest absolute Gasteiger partial charge is 0.387 e. The standard InChI is InChI=1S/C21H27N3O3/c1-14(2)15-5-9-17(10-6-15)23-21(27)20(26)22-13-19(25)16-7-11-18(12-8-16)24(3)4/h5-12,14,19,25H,13H2,1-4H3,(H,22,26)(H,23,27). The van der Waals surface area contributed by atoms with Gasteiger partial charge in [0.1, 0.15) is 0 Å². The van der Waals surface area contributed by atoms with Crippen molar-refractivity contribution in [2.24, 2.45) is 0 Å². The van der Waals surface area contributed by atoms with Crippen molar-refractivity contribution in [3.63, 3.8) is 0 Å². The molecule has 3 N–H and O–H groups in total. The van der Waals surface area contributed by atoms with Crippen molar-refractivity contribution in [3.05, 3.63) is 59.7 Å². The molecular weight excluding hydrogens is 342 g/mol. The first-order valence-electron chi connectivity index (χ1n) is 8.92. The van der Waals surface area contributed by atoms with Gasteiger partial charge in [0.2, 0.25) is 0 Å². The molecule has 0 bridgehead atoms. The normalized spacial score (nSPS) is 11.8. The third-order valence-electron chi connectivity index (χ3n) is 4.29. The fraction of sp³-hybridized carbons (Fsp3) is 0.333. The van der Waals surface area contributed by atoms with Crippen LogP contribution >= 0.6 is 0 Å². The lowest BCUT2D eigenvalue weighted by atomic mass is 10.0. The maximum Gasteiger partial charge on any atom is 0.313 e. The first-order valence-corrected chi connectivity index (χ1v) is 8.92. The Bertz CT molecular complexity index is 768. The van der Waals surface area contributed by atoms with Crippen LogP contribution in [-0.2, 0) is 9.59 Å². The molecule has 27 heavy (non-hydrogen) atoms. The molecule has 0 fully saturated rings. The number of rotatable bonds is 6. The van der Waals surface area contributed by atoms with Crippen LogP contribution in [-0.4, -0.2) is 37.6 Å². The zero-order valence-electron chi connectivity index (χ0n) is 16.2. The average Bonchev–Trinajstić information content (AvgIpc) is 2.66. The van der Waals surface area contributed by atoms with Crippen molar-refractivity contribution in [1.82, 2.24) is 5.32 Å². The Morgan fingerprint density at radius 1 is 0.926 bits per heavy atom.